The van der Waals surface area contributed by atoms with E-state index in [0.717, 1.165) is 55.2 Å². The summed E-state index contributed by atoms with van der Waals surface area (Å²) in [6, 6.07) is 18.3. The first-order chi connectivity index (χ1) is 14.5. The SMILES string of the molecule is Cc1nn(Cc2cccc(C(=O)N3CCN(Cc4ccccc4)CC3)c2)c(C)c1Cl. The zero-order valence-corrected chi connectivity index (χ0v) is 18.3. The van der Waals surface area contributed by atoms with Crippen LogP contribution in [0, 0.1) is 13.8 Å². The van der Waals surface area contributed by atoms with E-state index >= 15 is 0 Å². The quantitative estimate of drug-likeness (QED) is 0.620. The molecule has 1 aliphatic rings. The van der Waals surface area contributed by atoms with Gasteiger partial charge in [-0.05, 0) is 37.1 Å². The van der Waals surface area contributed by atoms with Crippen LogP contribution in [0.15, 0.2) is 54.6 Å². The molecule has 1 fully saturated rings. The van der Waals surface area contributed by atoms with Crippen molar-refractivity contribution < 1.29 is 4.79 Å². The minimum atomic E-state index is 0.0996. The van der Waals surface area contributed by atoms with Crippen LogP contribution in [0.3, 0.4) is 0 Å². The third-order valence-electron chi connectivity index (χ3n) is 5.71. The molecule has 0 atom stereocenters. The zero-order chi connectivity index (χ0) is 21.1. The summed E-state index contributed by atoms with van der Waals surface area (Å²) in [4.78, 5) is 17.4. The number of nitrogens with zero attached hydrogens (tertiary/aromatic N) is 4. The maximum absolute atomic E-state index is 13.1. The summed E-state index contributed by atoms with van der Waals surface area (Å²) in [5.41, 5.74) is 4.87. The Morgan fingerprint density at radius 1 is 0.933 bits per heavy atom. The highest BCUT2D eigenvalue weighted by molar-refractivity contribution is 6.31. The minimum absolute atomic E-state index is 0.0996. The molecule has 2 aromatic carbocycles. The van der Waals surface area contributed by atoms with Crippen molar-refractivity contribution in [2.75, 3.05) is 26.2 Å². The van der Waals surface area contributed by atoms with Crippen LogP contribution in [0.4, 0.5) is 0 Å². The van der Waals surface area contributed by atoms with Crippen LogP contribution in [0.2, 0.25) is 5.02 Å². The van der Waals surface area contributed by atoms with Gasteiger partial charge in [-0.15, -0.1) is 0 Å². The van der Waals surface area contributed by atoms with Crippen molar-refractivity contribution in [3.63, 3.8) is 0 Å². The Morgan fingerprint density at radius 2 is 1.63 bits per heavy atom. The second kappa shape index (κ2) is 9.02. The summed E-state index contributed by atoms with van der Waals surface area (Å²) in [6.07, 6.45) is 0. The van der Waals surface area contributed by atoms with Crippen molar-refractivity contribution in [1.82, 2.24) is 19.6 Å². The summed E-state index contributed by atoms with van der Waals surface area (Å²) in [6.45, 7) is 8.70. The number of carbonyl (C=O) groups excluding carboxylic acids is 1. The average Bonchev–Trinajstić information content (AvgIpc) is 3.01. The second-order valence-electron chi connectivity index (χ2n) is 7.90. The van der Waals surface area contributed by atoms with Crippen molar-refractivity contribution in [2.45, 2.75) is 26.9 Å². The summed E-state index contributed by atoms with van der Waals surface area (Å²) in [7, 11) is 0. The number of amides is 1. The lowest BCUT2D eigenvalue weighted by Crippen LogP contribution is -2.48. The van der Waals surface area contributed by atoms with E-state index in [0.29, 0.717) is 11.6 Å². The zero-order valence-electron chi connectivity index (χ0n) is 17.5. The molecular weight excluding hydrogens is 396 g/mol. The van der Waals surface area contributed by atoms with Crippen molar-refractivity contribution in [3.05, 3.63) is 87.7 Å². The van der Waals surface area contributed by atoms with Crippen LogP contribution in [0.25, 0.3) is 0 Å². The van der Waals surface area contributed by atoms with Crippen LogP contribution in [-0.2, 0) is 13.1 Å². The average molecular weight is 423 g/mol. The van der Waals surface area contributed by atoms with Crippen molar-refractivity contribution >= 4 is 17.5 Å². The maximum atomic E-state index is 13.1. The molecule has 0 bridgehead atoms. The smallest absolute Gasteiger partial charge is 0.253 e. The van der Waals surface area contributed by atoms with Gasteiger partial charge in [0.05, 0.1) is 23.0 Å². The lowest BCUT2D eigenvalue weighted by molar-refractivity contribution is 0.0628. The Balaban J connectivity index is 1.38. The van der Waals surface area contributed by atoms with Gasteiger partial charge in [-0.3, -0.25) is 14.4 Å². The molecule has 0 N–H and O–H groups in total. The third kappa shape index (κ3) is 4.58. The fourth-order valence-corrected chi connectivity index (χ4v) is 4.07. The number of carbonyl (C=O) groups is 1. The molecule has 1 aliphatic heterocycles. The Hall–Kier alpha value is -2.63. The predicted molar refractivity (Wildman–Crippen MR) is 120 cm³/mol. The number of piperazine rings is 1. The van der Waals surface area contributed by atoms with E-state index in [1.54, 1.807) is 0 Å². The van der Waals surface area contributed by atoms with Gasteiger partial charge in [0.25, 0.3) is 5.91 Å². The molecule has 0 radical (unpaired) electrons. The van der Waals surface area contributed by atoms with E-state index in [2.05, 4.69) is 34.3 Å². The van der Waals surface area contributed by atoms with Gasteiger partial charge >= 0.3 is 0 Å². The molecule has 3 aromatic rings. The van der Waals surface area contributed by atoms with E-state index in [9.17, 15) is 4.79 Å². The molecule has 0 aliphatic carbocycles. The van der Waals surface area contributed by atoms with Crippen molar-refractivity contribution in [1.29, 1.82) is 0 Å². The number of halogens is 1. The fraction of sp³-hybridized carbons (Fsp3) is 0.333. The molecular formula is C24H27ClN4O. The van der Waals surface area contributed by atoms with Gasteiger partial charge in [-0.25, -0.2) is 0 Å². The summed E-state index contributed by atoms with van der Waals surface area (Å²) >= 11 is 6.26. The van der Waals surface area contributed by atoms with E-state index in [-0.39, 0.29) is 5.91 Å². The molecule has 1 amide bonds. The van der Waals surface area contributed by atoms with Crippen molar-refractivity contribution in [2.24, 2.45) is 0 Å². The van der Waals surface area contributed by atoms with Gasteiger partial charge < -0.3 is 4.90 Å². The van der Waals surface area contributed by atoms with Crippen LogP contribution in [0.1, 0.15) is 32.9 Å². The van der Waals surface area contributed by atoms with E-state index in [4.69, 9.17) is 11.6 Å². The molecule has 0 unspecified atom stereocenters. The van der Waals surface area contributed by atoms with Gasteiger partial charge in [0.2, 0.25) is 0 Å². The topological polar surface area (TPSA) is 41.4 Å². The summed E-state index contributed by atoms with van der Waals surface area (Å²) in [5.74, 6) is 0.0996. The normalized spacial score (nSPS) is 14.8. The third-order valence-corrected chi connectivity index (χ3v) is 6.25. The maximum Gasteiger partial charge on any atom is 0.253 e. The number of hydrogen-bond acceptors (Lipinski definition) is 3. The van der Waals surface area contributed by atoms with Crippen LogP contribution in [-0.4, -0.2) is 51.7 Å². The number of rotatable bonds is 5. The lowest BCUT2D eigenvalue weighted by atomic mass is 10.1. The predicted octanol–water partition coefficient (Wildman–Crippen LogP) is 4.16. The first kappa shape index (κ1) is 20.6. The highest BCUT2D eigenvalue weighted by atomic mass is 35.5. The molecule has 1 aromatic heterocycles. The van der Waals surface area contributed by atoms with E-state index < -0.39 is 0 Å². The molecule has 30 heavy (non-hydrogen) atoms. The Bertz CT molecular complexity index is 1020. The first-order valence-electron chi connectivity index (χ1n) is 10.4. The number of benzene rings is 2. The highest BCUT2D eigenvalue weighted by Crippen LogP contribution is 2.20. The molecule has 0 saturated carbocycles. The van der Waals surface area contributed by atoms with Gasteiger partial charge in [-0.1, -0.05) is 54.1 Å². The lowest BCUT2D eigenvalue weighted by Gasteiger charge is -2.34. The first-order valence-corrected chi connectivity index (χ1v) is 10.7. The molecule has 0 spiro atoms. The molecule has 1 saturated heterocycles. The van der Waals surface area contributed by atoms with E-state index in [1.807, 2.05) is 53.8 Å². The largest absolute Gasteiger partial charge is 0.336 e. The summed E-state index contributed by atoms with van der Waals surface area (Å²) in [5, 5.41) is 5.20. The number of hydrogen-bond donors (Lipinski definition) is 0. The second-order valence-corrected chi connectivity index (χ2v) is 8.27. The fourth-order valence-electron chi connectivity index (χ4n) is 3.94. The molecule has 156 valence electrons. The van der Waals surface area contributed by atoms with Gasteiger partial charge in [-0.2, -0.15) is 5.10 Å². The monoisotopic (exact) mass is 422 g/mol. The highest BCUT2D eigenvalue weighted by Gasteiger charge is 2.22. The van der Waals surface area contributed by atoms with Crippen LogP contribution in [0.5, 0.6) is 0 Å². The van der Waals surface area contributed by atoms with E-state index in [1.165, 1.54) is 5.56 Å². The van der Waals surface area contributed by atoms with Gasteiger partial charge in [0.1, 0.15) is 0 Å². The van der Waals surface area contributed by atoms with Crippen LogP contribution < -0.4 is 0 Å². The molecule has 4 rings (SSSR count). The minimum Gasteiger partial charge on any atom is -0.336 e. The van der Waals surface area contributed by atoms with Crippen LogP contribution >= 0.6 is 11.6 Å². The Kier molecular flexibility index (Phi) is 6.21. The number of aryl methyl sites for hydroxylation is 1. The van der Waals surface area contributed by atoms with Gasteiger partial charge in [0, 0.05) is 38.3 Å². The van der Waals surface area contributed by atoms with Gasteiger partial charge in [0.15, 0.2) is 0 Å². The molecule has 2 heterocycles. The van der Waals surface area contributed by atoms with Crippen molar-refractivity contribution in [3.8, 4) is 0 Å². The standard InChI is InChI=1S/C24H27ClN4O/c1-18-23(25)19(2)29(26-18)17-21-9-6-10-22(15-21)24(30)28-13-11-27(12-14-28)16-20-7-4-3-5-8-20/h3-10,15H,11-14,16-17H2,1-2H3. The summed E-state index contributed by atoms with van der Waals surface area (Å²) < 4.78 is 1.89. The number of aromatic nitrogens is 2. The molecule has 6 heteroatoms. The Labute approximate surface area is 182 Å². The molecule has 5 nitrogen and oxygen atoms in total. The Morgan fingerprint density at radius 3 is 2.30 bits per heavy atom.